The van der Waals surface area contributed by atoms with Gasteiger partial charge in [-0.1, -0.05) is 11.6 Å². The lowest BCUT2D eigenvalue weighted by Gasteiger charge is -1.93. The number of nitrogens with one attached hydrogen (secondary N) is 1. The summed E-state index contributed by atoms with van der Waals surface area (Å²) in [7, 11) is 0. The van der Waals surface area contributed by atoms with Gasteiger partial charge in [-0.2, -0.15) is 5.26 Å². The number of nitriles is 1. The molecule has 2 heterocycles. The molecule has 1 N–H and O–H groups in total. The van der Waals surface area contributed by atoms with Gasteiger partial charge in [0.05, 0.1) is 10.5 Å². The number of hydrogen-bond donors (Lipinski definition) is 1. The van der Waals surface area contributed by atoms with Crippen molar-refractivity contribution in [2.24, 2.45) is 0 Å². The summed E-state index contributed by atoms with van der Waals surface area (Å²) in [6.07, 6.45) is 3.21. The Bertz CT molecular complexity index is 467. The molecule has 0 saturated carbocycles. The van der Waals surface area contributed by atoms with Gasteiger partial charge in [0.15, 0.2) is 0 Å². The van der Waals surface area contributed by atoms with Crippen LogP contribution in [0.3, 0.4) is 0 Å². The minimum absolute atomic E-state index is 0.399. The summed E-state index contributed by atoms with van der Waals surface area (Å²) >= 11 is 5.82. The largest absolute Gasteiger partial charge is 0.360 e. The molecule has 0 radical (unpaired) electrons. The molecule has 3 nitrogen and oxygen atoms in total. The van der Waals surface area contributed by atoms with E-state index in [0.717, 1.165) is 10.9 Å². The molecule has 0 unspecified atom stereocenters. The zero-order chi connectivity index (χ0) is 8.55. The van der Waals surface area contributed by atoms with Crippen LogP contribution in [0.1, 0.15) is 5.69 Å². The standard InChI is InChI=1S/C8H4ClN3/c9-6-4-12-7(3-10)5-1-2-11-8(5)6/h1-2,4,11H. The van der Waals surface area contributed by atoms with E-state index < -0.39 is 0 Å². The third kappa shape index (κ3) is 0.858. The molecular formula is C8H4ClN3. The van der Waals surface area contributed by atoms with Crippen LogP contribution in [0, 0.1) is 11.3 Å². The van der Waals surface area contributed by atoms with Crippen molar-refractivity contribution < 1.29 is 0 Å². The molecule has 0 aliphatic rings. The lowest BCUT2D eigenvalue weighted by atomic mass is 10.2. The van der Waals surface area contributed by atoms with Crippen LogP contribution in [0.5, 0.6) is 0 Å². The molecule has 0 saturated heterocycles. The van der Waals surface area contributed by atoms with Crippen molar-refractivity contribution in [3.63, 3.8) is 0 Å². The Labute approximate surface area is 73.6 Å². The summed E-state index contributed by atoms with van der Waals surface area (Å²) in [5.74, 6) is 0. The van der Waals surface area contributed by atoms with E-state index in [1.807, 2.05) is 6.07 Å². The van der Waals surface area contributed by atoms with Crippen LogP contribution in [0.2, 0.25) is 5.02 Å². The van der Waals surface area contributed by atoms with Crippen LogP contribution in [0.4, 0.5) is 0 Å². The highest BCUT2D eigenvalue weighted by molar-refractivity contribution is 6.35. The maximum atomic E-state index is 8.68. The number of H-pyrrole nitrogens is 1. The van der Waals surface area contributed by atoms with Crippen molar-refractivity contribution in [3.05, 3.63) is 29.2 Å². The quantitative estimate of drug-likeness (QED) is 0.670. The Kier molecular flexibility index (Phi) is 1.49. The Morgan fingerprint density at radius 3 is 3.17 bits per heavy atom. The van der Waals surface area contributed by atoms with E-state index in [4.69, 9.17) is 16.9 Å². The molecular weight excluding hydrogens is 174 g/mol. The SMILES string of the molecule is N#Cc1ncc(Cl)c2[nH]ccc12. The highest BCUT2D eigenvalue weighted by atomic mass is 35.5. The lowest BCUT2D eigenvalue weighted by Crippen LogP contribution is -1.82. The van der Waals surface area contributed by atoms with Crippen molar-refractivity contribution in [2.45, 2.75) is 0 Å². The van der Waals surface area contributed by atoms with E-state index in [1.54, 1.807) is 12.3 Å². The molecule has 4 heteroatoms. The van der Waals surface area contributed by atoms with Crippen molar-refractivity contribution in [3.8, 4) is 6.07 Å². The first kappa shape index (κ1) is 7.14. The van der Waals surface area contributed by atoms with Crippen molar-refractivity contribution in [1.82, 2.24) is 9.97 Å². The minimum Gasteiger partial charge on any atom is -0.360 e. The van der Waals surface area contributed by atoms with Crippen LogP contribution < -0.4 is 0 Å². The minimum atomic E-state index is 0.399. The normalized spacial score (nSPS) is 10.0. The number of rotatable bonds is 0. The molecule has 58 valence electrons. The molecule has 12 heavy (non-hydrogen) atoms. The van der Waals surface area contributed by atoms with Gasteiger partial charge in [0.25, 0.3) is 0 Å². The molecule has 2 aromatic rings. The van der Waals surface area contributed by atoms with E-state index in [2.05, 4.69) is 9.97 Å². The first-order valence-electron chi connectivity index (χ1n) is 3.34. The number of fused-ring (bicyclic) bond motifs is 1. The van der Waals surface area contributed by atoms with Gasteiger partial charge < -0.3 is 4.98 Å². The van der Waals surface area contributed by atoms with Gasteiger partial charge in [0.1, 0.15) is 11.8 Å². The summed E-state index contributed by atoms with van der Waals surface area (Å²) in [6, 6.07) is 3.78. The van der Waals surface area contributed by atoms with Crippen molar-refractivity contribution in [1.29, 1.82) is 5.26 Å². The number of aromatic amines is 1. The Morgan fingerprint density at radius 2 is 2.42 bits per heavy atom. The smallest absolute Gasteiger partial charge is 0.149 e. The molecule has 0 fully saturated rings. The van der Waals surface area contributed by atoms with E-state index in [1.165, 1.54) is 6.20 Å². The first-order valence-corrected chi connectivity index (χ1v) is 3.72. The number of nitrogens with zero attached hydrogens (tertiary/aromatic N) is 2. The van der Waals surface area contributed by atoms with E-state index in [9.17, 15) is 0 Å². The fourth-order valence-electron chi connectivity index (χ4n) is 1.11. The van der Waals surface area contributed by atoms with E-state index in [0.29, 0.717) is 10.7 Å². The fourth-order valence-corrected chi connectivity index (χ4v) is 1.31. The van der Waals surface area contributed by atoms with Crippen LogP contribution >= 0.6 is 11.6 Å². The number of hydrogen-bond acceptors (Lipinski definition) is 2. The van der Waals surface area contributed by atoms with Gasteiger partial charge in [-0.25, -0.2) is 4.98 Å². The van der Waals surface area contributed by atoms with Gasteiger partial charge in [-0.3, -0.25) is 0 Å². The number of aromatic nitrogens is 2. The first-order chi connectivity index (χ1) is 5.83. The van der Waals surface area contributed by atoms with Crippen molar-refractivity contribution in [2.75, 3.05) is 0 Å². The maximum absolute atomic E-state index is 8.68. The second-order valence-corrected chi connectivity index (χ2v) is 2.74. The van der Waals surface area contributed by atoms with E-state index >= 15 is 0 Å². The molecule has 2 rings (SSSR count). The van der Waals surface area contributed by atoms with Gasteiger partial charge >= 0.3 is 0 Å². The average molecular weight is 178 g/mol. The van der Waals surface area contributed by atoms with Crippen LogP contribution in [0.15, 0.2) is 18.5 Å². The highest BCUT2D eigenvalue weighted by Gasteiger charge is 2.05. The molecule has 0 aliphatic heterocycles. The Morgan fingerprint density at radius 1 is 1.58 bits per heavy atom. The second-order valence-electron chi connectivity index (χ2n) is 2.33. The summed E-state index contributed by atoms with van der Waals surface area (Å²) in [6.45, 7) is 0. The summed E-state index contributed by atoms with van der Waals surface area (Å²) in [5, 5.41) is 9.98. The highest BCUT2D eigenvalue weighted by Crippen LogP contribution is 2.22. The van der Waals surface area contributed by atoms with Gasteiger partial charge in [-0.05, 0) is 6.07 Å². The average Bonchev–Trinajstić information content (AvgIpc) is 2.54. The van der Waals surface area contributed by atoms with Gasteiger partial charge in [-0.15, -0.1) is 0 Å². The Hall–Kier alpha value is -1.53. The molecule has 0 bridgehead atoms. The Balaban J connectivity index is 2.94. The summed E-state index contributed by atoms with van der Waals surface area (Å²) in [5.41, 5.74) is 1.17. The fraction of sp³-hybridized carbons (Fsp3) is 0. The monoisotopic (exact) mass is 177 g/mol. The number of halogens is 1. The maximum Gasteiger partial charge on any atom is 0.149 e. The predicted octanol–water partition coefficient (Wildman–Crippen LogP) is 2.09. The zero-order valence-electron chi connectivity index (χ0n) is 6.00. The second kappa shape index (κ2) is 2.50. The van der Waals surface area contributed by atoms with Gasteiger partial charge in [0.2, 0.25) is 0 Å². The summed E-state index contributed by atoms with van der Waals surface area (Å²) < 4.78 is 0. The molecule has 2 aromatic heterocycles. The van der Waals surface area contributed by atoms with Crippen LogP contribution in [0.25, 0.3) is 10.9 Å². The molecule has 0 amide bonds. The molecule has 0 atom stereocenters. The van der Waals surface area contributed by atoms with E-state index in [-0.39, 0.29) is 0 Å². The topological polar surface area (TPSA) is 52.5 Å². The summed E-state index contributed by atoms with van der Waals surface area (Å²) in [4.78, 5) is 6.82. The number of pyridine rings is 1. The lowest BCUT2D eigenvalue weighted by molar-refractivity contribution is 1.29. The predicted molar refractivity (Wildman–Crippen MR) is 45.8 cm³/mol. The molecule has 0 aromatic carbocycles. The van der Waals surface area contributed by atoms with Crippen molar-refractivity contribution >= 4 is 22.5 Å². The third-order valence-corrected chi connectivity index (χ3v) is 1.94. The van der Waals surface area contributed by atoms with Gasteiger partial charge in [0, 0.05) is 17.8 Å². The molecule has 0 spiro atoms. The van der Waals surface area contributed by atoms with Crippen LogP contribution in [-0.2, 0) is 0 Å². The van der Waals surface area contributed by atoms with Crippen LogP contribution in [-0.4, -0.2) is 9.97 Å². The third-order valence-electron chi connectivity index (χ3n) is 1.65. The zero-order valence-corrected chi connectivity index (χ0v) is 6.76. The molecule has 0 aliphatic carbocycles.